The van der Waals surface area contributed by atoms with Crippen LogP contribution >= 0.6 is 0 Å². The summed E-state index contributed by atoms with van der Waals surface area (Å²) in [7, 11) is 1.61. The summed E-state index contributed by atoms with van der Waals surface area (Å²) in [6.07, 6.45) is 0.235. The highest BCUT2D eigenvalue weighted by atomic mass is 16.5. The summed E-state index contributed by atoms with van der Waals surface area (Å²) in [4.78, 5) is 26.5. The van der Waals surface area contributed by atoms with Crippen molar-refractivity contribution in [2.75, 3.05) is 32.1 Å². The molecule has 1 heterocycles. The van der Waals surface area contributed by atoms with E-state index in [-0.39, 0.29) is 24.2 Å². The van der Waals surface area contributed by atoms with Gasteiger partial charge in [-0.15, -0.1) is 0 Å². The van der Waals surface area contributed by atoms with Crippen molar-refractivity contribution < 1.29 is 19.1 Å². The van der Waals surface area contributed by atoms with Crippen LogP contribution in [0.15, 0.2) is 42.5 Å². The van der Waals surface area contributed by atoms with Crippen molar-refractivity contribution in [1.82, 2.24) is 4.90 Å². The van der Waals surface area contributed by atoms with Crippen LogP contribution in [0.25, 0.3) is 0 Å². The van der Waals surface area contributed by atoms with Gasteiger partial charge in [0.1, 0.15) is 18.1 Å². The monoisotopic (exact) mass is 382 g/mol. The summed E-state index contributed by atoms with van der Waals surface area (Å²) < 4.78 is 10.8. The number of nitrogens with one attached hydrogen (secondary N) is 1. The summed E-state index contributed by atoms with van der Waals surface area (Å²) in [5.41, 5.74) is 3.07. The molecule has 3 rings (SSSR count). The number of nitrogens with zero attached hydrogens (tertiary/aromatic N) is 1. The fraction of sp³-hybridized carbons (Fsp3) is 0.364. The topological polar surface area (TPSA) is 67.9 Å². The normalized spacial score (nSPS) is 16.2. The highest BCUT2D eigenvalue weighted by Crippen LogP contribution is 2.22. The highest BCUT2D eigenvalue weighted by Gasteiger charge is 2.34. The second-order valence-corrected chi connectivity index (χ2v) is 7.05. The number of rotatable bonds is 7. The van der Waals surface area contributed by atoms with Crippen molar-refractivity contribution >= 4 is 17.5 Å². The van der Waals surface area contributed by atoms with Crippen molar-refractivity contribution in [3.63, 3.8) is 0 Å². The Hall–Kier alpha value is -3.02. The first-order chi connectivity index (χ1) is 13.5. The zero-order valence-corrected chi connectivity index (χ0v) is 16.5. The second kappa shape index (κ2) is 8.78. The maximum absolute atomic E-state index is 12.5. The second-order valence-electron chi connectivity index (χ2n) is 7.05. The third-order valence-corrected chi connectivity index (χ3v) is 5.05. The highest BCUT2D eigenvalue weighted by molar-refractivity contribution is 5.97. The van der Waals surface area contributed by atoms with Crippen molar-refractivity contribution in [2.45, 2.75) is 20.3 Å². The smallest absolute Gasteiger partial charge is 0.229 e. The molecule has 0 saturated carbocycles. The lowest BCUT2D eigenvalue weighted by atomic mass is 10.1. The number of carbonyl (C=O) groups is 2. The van der Waals surface area contributed by atoms with Gasteiger partial charge in [-0.2, -0.15) is 0 Å². The first-order valence-electron chi connectivity index (χ1n) is 9.39. The SMILES string of the molecule is COc1ccc(OCCN2CC(C(=O)Nc3ccc(C)c(C)c3)CC2=O)cc1. The van der Waals surface area contributed by atoms with Gasteiger partial charge in [-0.05, 0) is 61.4 Å². The van der Waals surface area contributed by atoms with Gasteiger partial charge < -0.3 is 19.7 Å². The summed E-state index contributed by atoms with van der Waals surface area (Å²) in [5.74, 6) is 1.01. The molecule has 6 heteroatoms. The van der Waals surface area contributed by atoms with Crippen LogP contribution in [-0.2, 0) is 9.59 Å². The van der Waals surface area contributed by atoms with Crippen LogP contribution in [0.4, 0.5) is 5.69 Å². The number of anilines is 1. The fourth-order valence-corrected chi connectivity index (χ4v) is 3.17. The molecule has 1 unspecified atom stereocenters. The van der Waals surface area contributed by atoms with Crippen LogP contribution in [0.5, 0.6) is 11.5 Å². The van der Waals surface area contributed by atoms with E-state index >= 15 is 0 Å². The summed E-state index contributed by atoms with van der Waals surface area (Å²) >= 11 is 0. The van der Waals surface area contributed by atoms with Gasteiger partial charge in [-0.25, -0.2) is 0 Å². The predicted molar refractivity (Wildman–Crippen MR) is 108 cm³/mol. The molecule has 0 radical (unpaired) electrons. The van der Waals surface area contributed by atoms with E-state index in [0.29, 0.717) is 19.7 Å². The van der Waals surface area contributed by atoms with Crippen LogP contribution in [0, 0.1) is 19.8 Å². The minimum Gasteiger partial charge on any atom is -0.497 e. The lowest BCUT2D eigenvalue weighted by Crippen LogP contribution is -2.31. The average molecular weight is 382 g/mol. The molecule has 1 aliphatic heterocycles. The fourth-order valence-electron chi connectivity index (χ4n) is 3.17. The molecule has 0 spiro atoms. The number of hydrogen-bond acceptors (Lipinski definition) is 4. The Balaban J connectivity index is 1.48. The molecular weight excluding hydrogens is 356 g/mol. The van der Waals surface area contributed by atoms with E-state index in [1.165, 1.54) is 5.56 Å². The Morgan fingerprint density at radius 3 is 2.50 bits per heavy atom. The maximum Gasteiger partial charge on any atom is 0.229 e. The Kier molecular flexibility index (Phi) is 6.19. The molecule has 0 aliphatic carbocycles. The molecule has 6 nitrogen and oxygen atoms in total. The summed E-state index contributed by atoms with van der Waals surface area (Å²) in [6.45, 7) is 5.29. The third-order valence-electron chi connectivity index (χ3n) is 5.05. The minimum atomic E-state index is -0.338. The van der Waals surface area contributed by atoms with E-state index in [4.69, 9.17) is 9.47 Å². The van der Waals surface area contributed by atoms with Crippen LogP contribution in [0.2, 0.25) is 0 Å². The number of ether oxygens (including phenoxy) is 2. The van der Waals surface area contributed by atoms with Gasteiger partial charge in [-0.1, -0.05) is 6.07 Å². The Morgan fingerprint density at radius 1 is 1.11 bits per heavy atom. The predicted octanol–water partition coefficient (Wildman–Crippen LogP) is 3.18. The number of methoxy groups -OCH3 is 1. The van der Waals surface area contributed by atoms with Crippen LogP contribution in [0.1, 0.15) is 17.5 Å². The van der Waals surface area contributed by atoms with E-state index in [0.717, 1.165) is 22.7 Å². The van der Waals surface area contributed by atoms with Crippen LogP contribution in [-0.4, -0.2) is 43.5 Å². The van der Waals surface area contributed by atoms with Crippen LogP contribution in [0.3, 0.4) is 0 Å². The largest absolute Gasteiger partial charge is 0.497 e. The summed E-state index contributed by atoms with van der Waals surface area (Å²) in [6, 6.07) is 13.1. The van der Waals surface area contributed by atoms with Gasteiger partial charge in [0.25, 0.3) is 0 Å². The zero-order chi connectivity index (χ0) is 20.1. The average Bonchev–Trinajstić information content (AvgIpc) is 3.06. The number of amides is 2. The van der Waals surface area contributed by atoms with E-state index in [1.807, 2.05) is 56.3 Å². The molecule has 1 aliphatic rings. The molecule has 1 fully saturated rings. The number of hydrogen-bond donors (Lipinski definition) is 1. The molecule has 2 aromatic carbocycles. The molecule has 0 bridgehead atoms. The van der Waals surface area contributed by atoms with Gasteiger partial charge in [0.05, 0.1) is 19.6 Å². The van der Waals surface area contributed by atoms with Crippen molar-refractivity contribution in [2.24, 2.45) is 5.92 Å². The number of carbonyl (C=O) groups excluding carboxylic acids is 2. The van der Waals surface area contributed by atoms with Crippen molar-refractivity contribution in [1.29, 1.82) is 0 Å². The van der Waals surface area contributed by atoms with E-state index in [9.17, 15) is 9.59 Å². The number of benzene rings is 2. The van der Waals surface area contributed by atoms with Gasteiger partial charge in [0.2, 0.25) is 11.8 Å². The molecule has 1 atom stereocenters. The molecule has 0 aromatic heterocycles. The molecule has 1 N–H and O–H groups in total. The van der Waals surface area contributed by atoms with E-state index < -0.39 is 0 Å². The standard InChI is InChI=1S/C22H26N2O4/c1-15-4-5-18(12-16(15)2)23-22(26)17-13-21(25)24(14-17)10-11-28-20-8-6-19(27-3)7-9-20/h4-9,12,17H,10-11,13-14H2,1-3H3,(H,23,26). The van der Waals surface area contributed by atoms with Crippen LogP contribution < -0.4 is 14.8 Å². The van der Waals surface area contributed by atoms with Gasteiger partial charge in [0, 0.05) is 18.7 Å². The Labute approximate surface area is 165 Å². The molecule has 2 amide bonds. The van der Waals surface area contributed by atoms with Gasteiger partial charge >= 0.3 is 0 Å². The van der Waals surface area contributed by atoms with Gasteiger partial charge in [-0.3, -0.25) is 9.59 Å². The van der Waals surface area contributed by atoms with E-state index in [2.05, 4.69) is 5.32 Å². The minimum absolute atomic E-state index is 0.0152. The molecular formula is C22H26N2O4. The lowest BCUT2D eigenvalue weighted by Gasteiger charge is -2.17. The number of aryl methyl sites for hydroxylation is 2. The summed E-state index contributed by atoms with van der Waals surface area (Å²) in [5, 5.41) is 2.92. The molecule has 28 heavy (non-hydrogen) atoms. The van der Waals surface area contributed by atoms with Crippen molar-refractivity contribution in [3.05, 3.63) is 53.6 Å². The van der Waals surface area contributed by atoms with Gasteiger partial charge in [0.15, 0.2) is 0 Å². The first kappa shape index (κ1) is 19.7. The van der Waals surface area contributed by atoms with E-state index in [1.54, 1.807) is 12.0 Å². The molecule has 2 aromatic rings. The third kappa shape index (κ3) is 4.82. The Bertz CT molecular complexity index is 848. The first-order valence-corrected chi connectivity index (χ1v) is 9.39. The quantitative estimate of drug-likeness (QED) is 0.799. The van der Waals surface area contributed by atoms with Crippen molar-refractivity contribution in [3.8, 4) is 11.5 Å². The maximum atomic E-state index is 12.5. The lowest BCUT2D eigenvalue weighted by molar-refractivity contribution is -0.128. The molecule has 148 valence electrons. The number of likely N-dealkylation sites (tertiary alicyclic amines) is 1. The molecule has 1 saturated heterocycles. The zero-order valence-electron chi connectivity index (χ0n) is 16.5. The Morgan fingerprint density at radius 2 is 1.82 bits per heavy atom.